The molecule has 2 nitrogen and oxygen atoms in total. The minimum atomic E-state index is -0.265. The Hall–Kier alpha value is -1.36. The molecule has 1 aromatic rings. The molecule has 0 saturated heterocycles. The van der Waals surface area contributed by atoms with Crippen molar-refractivity contribution < 1.29 is 4.39 Å². The second-order valence-corrected chi connectivity index (χ2v) is 7.52. The molecule has 0 N–H and O–H groups in total. The van der Waals surface area contributed by atoms with Gasteiger partial charge in [0, 0.05) is 29.1 Å². The highest BCUT2D eigenvalue weighted by Gasteiger charge is 2.22. The molecule has 0 unspecified atom stereocenters. The molecule has 1 aliphatic carbocycles. The van der Waals surface area contributed by atoms with Crippen molar-refractivity contribution >= 4 is 35.3 Å². The van der Waals surface area contributed by atoms with Crippen molar-refractivity contribution in [3.63, 3.8) is 0 Å². The van der Waals surface area contributed by atoms with Crippen molar-refractivity contribution in [2.24, 2.45) is 4.99 Å². The van der Waals surface area contributed by atoms with Gasteiger partial charge in [0.1, 0.15) is 5.82 Å². The summed E-state index contributed by atoms with van der Waals surface area (Å²) in [6.45, 7) is 7.24. The first kappa shape index (κ1) is 18.4. The van der Waals surface area contributed by atoms with E-state index in [4.69, 9.17) is 11.6 Å². The quantitative estimate of drug-likeness (QED) is 0.576. The summed E-state index contributed by atoms with van der Waals surface area (Å²) in [6.07, 6.45) is 8.85. The normalized spacial score (nSPS) is 16.0. The van der Waals surface area contributed by atoms with Gasteiger partial charge in [0.2, 0.25) is 0 Å². The average Bonchev–Trinajstić information content (AvgIpc) is 3.04. The number of fused-ring (bicyclic) bond motifs is 1. The SMILES string of the molecule is CCN(CC)CCSc1c(F)cc(Cl)cc1C1=C2CC=CC=C2C=N1. The molecule has 0 spiro atoms. The van der Waals surface area contributed by atoms with E-state index in [0.717, 1.165) is 54.2 Å². The van der Waals surface area contributed by atoms with Crippen LogP contribution in [0.3, 0.4) is 0 Å². The fourth-order valence-corrected chi connectivity index (χ4v) is 4.34. The van der Waals surface area contributed by atoms with Crippen LogP contribution < -0.4 is 0 Å². The van der Waals surface area contributed by atoms with Crippen LogP contribution in [0.25, 0.3) is 5.70 Å². The minimum absolute atomic E-state index is 0.265. The van der Waals surface area contributed by atoms with Gasteiger partial charge >= 0.3 is 0 Å². The summed E-state index contributed by atoms with van der Waals surface area (Å²) in [5.41, 5.74) is 3.91. The lowest BCUT2D eigenvalue weighted by molar-refractivity contribution is 0.324. The van der Waals surface area contributed by atoms with Crippen LogP contribution in [-0.2, 0) is 0 Å². The third-order valence-corrected chi connectivity index (χ3v) is 5.82. The Labute approximate surface area is 158 Å². The fourth-order valence-electron chi connectivity index (χ4n) is 3.07. The van der Waals surface area contributed by atoms with Gasteiger partial charge in [0.15, 0.2) is 0 Å². The van der Waals surface area contributed by atoms with Crippen molar-refractivity contribution in [1.29, 1.82) is 0 Å². The van der Waals surface area contributed by atoms with Gasteiger partial charge in [-0.2, -0.15) is 0 Å². The van der Waals surface area contributed by atoms with Gasteiger partial charge in [-0.3, -0.25) is 4.99 Å². The smallest absolute Gasteiger partial charge is 0.138 e. The second kappa shape index (κ2) is 8.35. The Morgan fingerprint density at radius 2 is 2.08 bits per heavy atom. The summed E-state index contributed by atoms with van der Waals surface area (Å²) in [6, 6.07) is 3.23. The van der Waals surface area contributed by atoms with Gasteiger partial charge < -0.3 is 4.90 Å². The molecular formula is C20H22ClFN2S. The van der Waals surface area contributed by atoms with Crippen LogP contribution in [0, 0.1) is 5.82 Å². The summed E-state index contributed by atoms with van der Waals surface area (Å²) in [4.78, 5) is 7.55. The zero-order chi connectivity index (χ0) is 17.8. The van der Waals surface area contributed by atoms with Crippen molar-refractivity contribution in [2.75, 3.05) is 25.4 Å². The van der Waals surface area contributed by atoms with E-state index in [1.807, 2.05) is 24.4 Å². The Morgan fingerprint density at radius 1 is 1.28 bits per heavy atom. The Morgan fingerprint density at radius 3 is 2.84 bits per heavy atom. The van der Waals surface area contributed by atoms with Gasteiger partial charge in [-0.05, 0) is 42.8 Å². The Bertz CT molecular complexity index is 776. The number of rotatable bonds is 7. The summed E-state index contributed by atoms with van der Waals surface area (Å²) in [5.74, 6) is 0.571. The van der Waals surface area contributed by atoms with E-state index in [-0.39, 0.29) is 5.82 Å². The maximum atomic E-state index is 14.7. The highest BCUT2D eigenvalue weighted by Crippen LogP contribution is 2.40. The van der Waals surface area contributed by atoms with Crippen LogP contribution in [0.1, 0.15) is 25.8 Å². The number of aliphatic imine (C=N–C) groups is 1. The predicted molar refractivity (Wildman–Crippen MR) is 107 cm³/mol. The number of hydrogen-bond donors (Lipinski definition) is 0. The van der Waals surface area contributed by atoms with Crippen molar-refractivity contribution in [2.45, 2.75) is 25.2 Å². The zero-order valence-corrected chi connectivity index (χ0v) is 16.1. The first-order valence-electron chi connectivity index (χ1n) is 8.63. The van der Waals surface area contributed by atoms with E-state index in [1.54, 1.807) is 11.8 Å². The van der Waals surface area contributed by atoms with Crippen LogP contribution >= 0.6 is 23.4 Å². The lowest BCUT2D eigenvalue weighted by Crippen LogP contribution is -2.25. The van der Waals surface area contributed by atoms with E-state index in [1.165, 1.54) is 6.07 Å². The van der Waals surface area contributed by atoms with Gasteiger partial charge in [-0.25, -0.2) is 4.39 Å². The molecule has 1 heterocycles. The number of nitrogens with zero attached hydrogens (tertiary/aromatic N) is 2. The molecule has 3 rings (SSSR count). The standard InChI is InChI=1S/C20H22ClFN2S/c1-3-24(4-2)9-10-25-20-17(11-15(21)12-18(20)22)19-16-8-6-5-7-14(16)13-23-19/h5-7,11-13H,3-4,8-10H2,1-2H3. The first-order valence-corrected chi connectivity index (χ1v) is 9.99. The molecule has 0 atom stereocenters. The second-order valence-electron chi connectivity index (χ2n) is 5.98. The van der Waals surface area contributed by atoms with Crippen LogP contribution in [0.15, 0.2) is 51.4 Å². The van der Waals surface area contributed by atoms with Crippen molar-refractivity contribution in [1.82, 2.24) is 4.90 Å². The highest BCUT2D eigenvalue weighted by atomic mass is 35.5. The molecule has 2 aliphatic rings. The molecule has 0 aromatic heterocycles. The Kier molecular flexibility index (Phi) is 6.15. The molecule has 0 radical (unpaired) electrons. The molecule has 1 aromatic carbocycles. The predicted octanol–water partition coefficient (Wildman–Crippen LogP) is 5.59. The topological polar surface area (TPSA) is 15.6 Å². The van der Waals surface area contributed by atoms with Crippen molar-refractivity contribution in [3.8, 4) is 0 Å². The van der Waals surface area contributed by atoms with Gasteiger partial charge in [0.05, 0.1) is 10.6 Å². The third-order valence-electron chi connectivity index (χ3n) is 4.51. The number of thioether (sulfide) groups is 1. The first-order chi connectivity index (χ1) is 12.1. The third kappa shape index (κ3) is 4.08. The molecule has 132 valence electrons. The number of hydrogen-bond acceptors (Lipinski definition) is 3. The maximum absolute atomic E-state index is 14.7. The average molecular weight is 377 g/mol. The zero-order valence-electron chi connectivity index (χ0n) is 14.6. The van der Waals surface area contributed by atoms with E-state index in [2.05, 4.69) is 29.8 Å². The number of allylic oxidation sites excluding steroid dienone is 5. The Balaban J connectivity index is 1.91. The molecule has 0 saturated carbocycles. The molecule has 5 heteroatoms. The van der Waals surface area contributed by atoms with E-state index < -0.39 is 0 Å². The number of halogens is 2. The lowest BCUT2D eigenvalue weighted by atomic mass is 9.96. The molecule has 25 heavy (non-hydrogen) atoms. The molecule has 1 aliphatic heterocycles. The van der Waals surface area contributed by atoms with Gasteiger partial charge in [0.25, 0.3) is 0 Å². The van der Waals surface area contributed by atoms with Crippen LogP contribution in [0.4, 0.5) is 4.39 Å². The molecular weight excluding hydrogens is 355 g/mol. The lowest BCUT2D eigenvalue weighted by Gasteiger charge is -2.18. The summed E-state index contributed by atoms with van der Waals surface area (Å²) < 4.78 is 14.7. The largest absolute Gasteiger partial charge is 0.303 e. The fraction of sp³-hybridized carbons (Fsp3) is 0.350. The number of benzene rings is 1. The van der Waals surface area contributed by atoms with E-state index >= 15 is 0 Å². The molecule has 0 amide bonds. The summed E-state index contributed by atoms with van der Waals surface area (Å²) in [5, 5.41) is 0.410. The van der Waals surface area contributed by atoms with E-state index in [9.17, 15) is 4.39 Å². The van der Waals surface area contributed by atoms with Crippen LogP contribution in [-0.4, -0.2) is 36.5 Å². The minimum Gasteiger partial charge on any atom is -0.303 e. The monoisotopic (exact) mass is 376 g/mol. The maximum Gasteiger partial charge on any atom is 0.138 e. The van der Waals surface area contributed by atoms with Gasteiger partial charge in [-0.1, -0.05) is 43.7 Å². The summed E-state index contributed by atoms with van der Waals surface area (Å²) >= 11 is 7.69. The van der Waals surface area contributed by atoms with Crippen molar-refractivity contribution in [3.05, 3.63) is 57.9 Å². The molecule has 0 fully saturated rings. The highest BCUT2D eigenvalue weighted by molar-refractivity contribution is 7.99. The van der Waals surface area contributed by atoms with Gasteiger partial charge in [-0.15, -0.1) is 11.8 Å². The van der Waals surface area contributed by atoms with Crippen LogP contribution in [0.2, 0.25) is 5.02 Å². The molecule has 0 bridgehead atoms. The van der Waals surface area contributed by atoms with Crippen LogP contribution in [0.5, 0.6) is 0 Å². The summed E-state index contributed by atoms with van der Waals surface area (Å²) in [7, 11) is 0. The van der Waals surface area contributed by atoms with E-state index in [0.29, 0.717) is 9.92 Å².